The highest BCUT2D eigenvalue weighted by Crippen LogP contribution is 2.20. The number of anilines is 1. The molecule has 126 valence electrons. The highest BCUT2D eigenvalue weighted by molar-refractivity contribution is 7.80. The van der Waals surface area contributed by atoms with Crippen LogP contribution < -0.4 is 10.6 Å². The summed E-state index contributed by atoms with van der Waals surface area (Å²) >= 11 is 5.42. The molecule has 2 N–H and O–H groups in total. The third-order valence-electron chi connectivity index (χ3n) is 3.82. The molecule has 4 nitrogen and oxygen atoms in total. The molecule has 0 spiro atoms. The number of hydrogen-bond donors (Lipinski definition) is 2. The van der Waals surface area contributed by atoms with E-state index in [1.54, 1.807) is 18.2 Å². The number of thiocarbonyl (C=S) groups is 1. The van der Waals surface area contributed by atoms with E-state index >= 15 is 0 Å². The lowest BCUT2D eigenvalue weighted by atomic mass is 10.00. The van der Waals surface area contributed by atoms with Gasteiger partial charge in [-0.1, -0.05) is 37.3 Å². The monoisotopic (exact) mass is 342 g/mol. The van der Waals surface area contributed by atoms with Crippen molar-refractivity contribution in [1.82, 2.24) is 5.32 Å². The Balaban J connectivity index is 2.07. The first-order valence-corrected chi connectivity index (χ1v) is 8.27. The van der Waals surface area contributed by atoms with Crippen LogP contribution in [0.1, 0.15) is 40.9 Å². The van der Waals surface area contributed by atoms with E-state index in [2.05, 4.69) is 36.6 Å². The Labute approximate surface area is 148 Å². The van der Waals surface area contributed by atoms with E-state index in [4.69, 9.17) is 17.0 Å². The molecule has 24 heavy (non-hydrogen) atoms. The molecule has 0 aromatic heterocycles. The van der Waals surface area contributed by atoms with Crippen LogP contribution in [0.2, 0.25) is 0 Å². The summed E-state index contributed by atoms with van der Waals surface area (Å²) in [5.41, 5.74) is 3.69. The number of benzene rings is 2. The number of carbonyl (C=O) groups is 1. The van der Waals surface area contributed by atoms with Crippen LogP contribution in [0.15, 0.2) is 48.5 Å². The number of methoxy groups -OCH3 is 1. The number of carbonyl (C=O) groups excluding carboxylic acids is 1. The highest BCUT2D eigenvalue weighted by atomic mass is 32.1. The second-order valence-corrected chi connectivity index (χ2v) is 5.90. The minimum atomic E-state index is -0.371. The molecule has 0 fully saturated rings. The van der Waals surface area contributed by atoms with Crippen LogP contribution in [0.5, 0.6) is 0 Å². The molecule has 2 rings (SSSR count). The van der Waals surface area contributed by atoms with E-state index in [0.717, 1.165) is 12.1 Å². The predicted molar refractivity (Wildman–Crippen MR) is 101 cm³/mol. The standard InChI is InChI=1S/C19H22N2O2S/c1-4-17(16-11-6-5-8-13(16)2)21-19(24)20-15-10-7-9-14(12-15)18(22)23-3/h5-12,17H,4H2,1-3H3,(H2,20,21,24)/t17-/m0/s1. The van der Waals surface area contributed by atoms with E-state index in [1.807, 2.05) is 18.2 Å². The van der Waals surface area contributed by atoms with Gasteiger partial charge in [-0.2, -0.15) is 0 Å². The first kappa shape index (κ1) is 17.9. The molecule has 1 atom stereocenters. The Morgan fingerprint density at radius 3 is 2.62 bits per heavy atom. The molecule has 0 radical (unpaired) electrons. The summed E-state index contributed by atoms with van der Waals surface area (Å²) < 4.78 is 4.73. The topological polar surface area (TPSA) is 50.4 Å². The van der Waals surface area contributed by atoms with Crippen molar-refractivity contribution in [2.75, 3.05) is 12.4 Å². The van der Waals surface area contributed by atoms with Gasteiger partial charge in [0.1, 0.15) is 0 Å². The average molecular weight is 342 g/mol. The van der Waals surface area contributed by atoms with Gasteiger partial charge in [0.25, 0.3) is 0 Å². The zero-order valence-electron chi connectivity index (χ0n) is 14.1. The molecule has 0 saturated carbocycles. The second kappa shape index (κ2) is 8.45. The molecule has 0 amide bonds. The van der Waals surface area contributed by atoms with Crippen LogP contribution in [-0.2, 0) is 4.74 Å². The molecular weight excluding hydrogens is 320 g/mol. The Bertz CT molecular complexity index is 731. The molecule has 0 bridgehead atoms. The Morgan fingerprint density at radius 2 is 1.96 bits per heavy atom. The third-order valence-corrected chi connectivity index (χ3v) is 4.04. The van der Waals surface area contributed by atoms with Crippen molar-refractivity contribution in [3.05, 3.63) is 65.2 Å². The first-order chi connectivity index (χ1) is 11.5. The molecular formula is C19H22N2O2S. The van der Waals surface area contributed by atoms with Crippen LogP contribution in [0.4, 0.5) is 5.69 Å². The van der Waals surface area contributed by atoms with Gasteiger partial charge >= 0.3 is 5.97 Å². The second-order valence-electron chi connectivity index (χ2n) is 5.49. The summed E-state index contributed by atoms with van der Waals surface area (Å²) in [5.74, 6) is -0.371. The van der Waals surface area contributed by atoms with Gasteiger partial charge in [-0.3, -0.25) is 0 Å². The number of ether oxygens (including phenoxy) is 1. The molecule has 0 aliphatic rings. The summed E-state index contributed by atoms with van der Waals surface area (Å²) in [6, 6.07) is 15.5. The Hall–Kier alpha value is -2.40. The number of hydrogen-bond acceptors (Lipinski definition) is 3. The predicted octanol–water partition coefficient (Wildman–Crippen LogP) is 4.22. The smallest absolute Gasteiger partial charge is 0.337 e. The fraction of sp³-hybridized carbons (Fsp3) is 0.263. The van der Waals surface area contributed by atoms with Gasteiger partial charge in [0.2, 0.25) is 0 Å². The highest BCUT2D eigenvalue weighted by Gasteiger charge is 2.13. The number of rotatable bonds is 5. The van der Waals surface area contributed by atoms with Gasteiger partial charge in [0.05, 0.1) is 18.7 Å². The summed E-state index contributed by atoms with van der Waals surface area (Å²) in [6.45, 7) is 4.21. The van der Waals surface area contributed by atoms with Crippen LogP contribution in [-0.4, -0.2) is 18.2 Å². The van der Waals surface area contributed by atoms with Crippen molar-refractivity contribution in [2.24, 2.45) is 0 Å². The van der Waals surface area contributed by atoms with E-state index in [9.17, 15) is 4.79 Å². The van der Waals surface area contributed by atoms with E-state index < -0.39 is 0 Å². The Kier molecular flexibility index (Phi) is 6.32. The van der Waals surface area contributed by atoms with E-state index in [-0.39, 0.29) is 12.0 Å². The molecule has 0 aliphatic heterocycles. The average Bonchev–Trinajstić information content (AvgIpc) is 2.60. The minimum Gasteiger partial charge on any atom is -0.465 e. The van der Waals surface area contributed by atoms with Gasteiger partial charge in [0.15, 0.2) is 5.11 Å². The fourth-order valence-corrected chi connectivity index (χ4v) is 2.80. The maximum atomic E-state index is 11.6. The van der Waals surface area contributed by atoms with Gasteiger partial charge in [-0.15, -0.1) is 0 Å². The zero-order chi connectivity index (χ0) is 17.5. The number of esters is 1. The summed E-state index contributed by atoms with van der Waals surface area (Å²) in [6.07, 6.45) is 0.912. The van der Waals surface area contributed by atoms with Crippen molar-refractivity contribution < 1.29 is 9.53 Å². The van der Waals surface area contributed by atoms with E-state index in [0.29, 0.717) is 10.7 Å². The van der Waals surface area contributed by atoms with Gasteiger partial charge < -0.3 is 15.4 Å². The van der Waals surface area contributed by atoms with Crippen molar-refractivity contribution in [1.29, 1.82) is 0 Å². The molecule has 5 heteroatoms. The lowest BCUT2D eigenvalue weighted by Crippen LogP contribution is -2.32. The maximum absolute atomic E-state index is 11.6. The van der Waals surface area contributed by atoms with Crippen LogP contribution in [0, 0.1) is 6.92 Å². The lowest BCUT2D eigenvalue weighted by Gasteiger charge is -2.21. The molecule has 2 aromatic carbocycles. The number of nitrogens with one attached hydrogen (secondary N) is 2. The maximum Gasteiger partial charge on any atom is 0.337 e. The minimum absolute atomic E-state index is 0.134. The Morgan fingerprint density at radius 1 is 1.21 bits per heavy atom. The summed E-state index contributed by atoms with van der Waals surface area (Å²) in [5, 5.41) is 6.99. The van der Waals surface area contributed by atoms with Crippen LogP contribution >= 0.6 is 12.2 Å². The molecule has 0 heterocycles. The van der Waals surface area contributed by atoms with E-state index in [1.165, 1.54) is 18.2 Å². The third kappa shape index (κ3) is 4.55. The SMILES string of the molecule is CC[C@H](NC(=S)Nc1cccc(C(=O)OC)c1)c1ccccc1C. The lowest BCUT2D eigenvalue weighted by molar-refractivity contribution is 0.0601. The summed E-state index contributed by atoms with van der Waals surface area (Å²) in [7, 11) is 1.36. The quantitative estimate of drug-likeness (QED) is 0.629. The number of aryl methyl sites for hydroxylation is 1. The van der Waals surface area contributed by atoms with Gasteiger partial charge in [0, 0.05) is 5.69 Å². The normalized spacial score (nSPS) is 11.5. The first-order valence-electron chi connectivity index (χ1n) is 7.86. The molecule has 0 unspecified atom stereocenters. The zero-order valence-corrected chi connectivity index (χ0v) is 14.9. The largest absolute Gasteiger partial charge is 0.465 e. The molecule has 0 saturated heterocycles. The van der Waals surface area contributed by atoms with Gasteiger partial charge in [-0.05, 0) is 54.9 Å². The van der Waals surface area contributed by atoms with Crippen molar-refractivity contribution in [3.63, 3.8) is 0 Å². The molecule has 2 aromatic rings. The molecule has 0 aliphatic carbocycles. The van der Waals surface area contributed by atoms with Crippen molar-refractivity contribution >= 4 is 29.0 Å². The van der Waals surface area contributed by atoms with Crippen molar-refractivity contribution in [2.45, 2.75) is 26.3 Å². The van der Waals surface area contributed by atoms with Crippen molar-refractivity contribution in [3.8, 4) is 0 Å². The summed E-state index contributed by atoms with van der Waals surface area (Å²) in [4.78, 5) is 11.6. The van der Waals surface area contributed by atoms with Crippen LogP contribution in [0.3, 0.4) is 0 Å². The fourth-order valence-electron chi connectivity index (χ4n) is 2.54. The van der Waals surface area contributed by atoms with Gasteiger partial charge in [-0.25, -0.2) is 4.79 Å². The van der Waals surface area contributed by atoms with Crippen LogP contribution in [0.25, 0.3) is 0 Å².